The predicted molar refractivity (Wildman–Crippen MR) is 81.1 cm³/mol. The van der Waals surface area contributed by atoms with E-state index in [1.165, 1.54) is 0 Å². The summed E-state index contributed by atoms with van der Waals surface area (Å²) >= 11 is 0. The number of carbonyl (C=O) groups is 2. The Labute approximate surface area is 124 Å². The standard InChI is InChI=1S/C16H22N2O3/c1-16(2,9-15(20)21)8-12(17)10-4-5-13-11(6-10)7-14(19)18(13)3/h4-6,12H,7-9,17H2,1-3H3,(H,20,21). The lowest BCUT2D eigenvalue weighted by molar-refractivity contribution is -0.139. The van der Waals surface area contributed by atoms with Gasteiger partial charge < -0.3 is 15.7 Å². The first-order valence-corrected chi connectivity index (χ1v) is 7.06. The van der Waals surface area contributed by atoms with Crippen LogP contribution in [0.25, 0.3) is 0 Å². The van der Waals surface area contributed by atoms with E-state index in [1.807, 2.05) is 32.0 Å². The van der Waals surface area contributed by atoms with E-state index in [0.717, 1.165) is 16.8 Å². The maximum absolute atomic E-state index is 11.7. The fraction of sp³-hybridized carbons (Fsp3) is 0.500. The summed E-state index contributed by atoms with van der Waals surface area (Å²) < 4.78 is 0. The second-order valence-corrected chi connectivity index (χ2v) is 6.56. The summed E-state index contributed by atoms with van der Waals surface area (Å²) in [5.74, 6) is -0.727. The lowest BCUT2D eigenvalue weighted by Gasteiger charge is -2.26. The van der Waals surface area contributed by atoms with Crippen LogP contribution in [0.2, 0.25) is 0 Å². The molecule has 1 heterocycles. The number of rotatable bonds is 5. The molecular weight excluding hydrogens is 268 g/mol. The van der Waals surface area contributed by atoms with Crippen molar-refractivity contribution in [2.24, 2.45) is 11.1 Å². The smallest absolute Gasteiger partial charge is 0.303 e. The van der Waals surface area contributed by atoms with Crippen molar-refractivity contribution in [1.82, 2.24) is 0 Å². The van der Waals surface area contributed by atoms with Gasteiger partial charge in [-0.3, -0.25) is 9.59 Å². The molecule has 0 saturated heterocycles. The Hall–Kier alpha value is -1.88. The number of carboxylic acid groups (broad SMARTS) is 1. The van der Waals surface area contributed by atoms with Gasteiger partial charge in [-0.15, -0.1) is 0 Å². The van der Waals surface area contributed by atoms with E-state index in [0.29, 0.717) is 12.8 Å². The molecule has 1 aliphatic rings. The Morgan fingerprint density at radius 2 is 2.14 bits per heavy atom. The zero-order chi connectivity index (χ0) is 15.8. The van der Waals surface area contributed by atoms with Crippen LogP contribution >= 0.6 is 0 Å². The molecule has 0 fully saturated rings. The maximum Gasteiger partial charge on any atom is 0.303 e. The molecular formula is C16H22N2O3. The SMILES string of the molecule is CN1C(=O)Cc2cc(C(N)CC(C)(C)CC(=O)O)ccc21. The summed E-state index contributed by atoms with van der Waals surface area (Å²) in [4.78, 5) is 24.2. The number of likely N-dealkylation sites (N-methyl/N-ethyl adjacent to an activating group) is 1. The van der Waals surface area contributed by atoms with Gasteiger partial charge in [0.05, 0.1) is 12.8 Å². The van der Waals surface area contributed by atoms with Crippen LogP contribution in [0.4, 0.5) is 5.69 Å². The number of anilines is 1. The first-order chi connectivity index (χ1) is 9.69. The predicted octanol–water partition coefficient (Wildman–Crippen LogP) is 2.10. The lowest BCUT2D eigenvalue weighted by Crippen LogP contribution is -2.24. The minimum absolute atomic E-state index is 0.0851. The van der Waals surface area contributed by atoms with Crippen LogP contribution in [0, 0.1) is 5.41 Å². The van der Waals surface area contributed by atoms with Gasteiger partial charge in [0.25, 0.3) is 0 Å². The molecule has 0 radical (unpaired) electrons. The molecule has 1 atom stereocenters. The van der Waals surface area contributed by atoms with E-state index in [2.05, 4.69) is 0 Å². The van der Waals surface area contributed by atoms with E-state index in [4.69, 9.17) is 10.8 Å². The fourth-order valence-corrected chi connectivity index (χ4v) is 2.92. The van der Waals surface area contributed by atoms with Crippen molar-refractivity contribution in [3.05, 3.63) is 29.3 Å². The highest BCUT2D eigenvalue weighted by molar-refractivity contribution is 6.00. The molecule has 5 heteroatoms. The van der Waals surface area contributed by atoms with Crippen LogP contribution in [0.5, 0.6) is 0 Å². The highest BCUT2D eigenvalue weighted by Gasteiger charge is 2.28. The van der Waals surface area contributed by atoms with E-state index >= 15 is 0 Å². The number of carbonyl (C=O) groups excluding carboxylic acids is 1. The molecule has 2 rings (SSSR count). The van der Waals surface area contributed by atoms with Crippen molar-refractivity contribution >= 4 is 17.6 Å². The minimum Gasteiger partial charge on any atom is -0.481 e. The molecule has 21 heavy (non-hydrogen) atoms. The molecule has 0 saturated carbocycles. The minimum atomic E-state index is -0.812. The number of nitrogens with two attached hydrogens (primary N) is 1. The lowest BCUT2D eigenvalue weighted by atomic mass is 9.81. The topological polar surface area (TPSA) is 83.6 Å². The summed E-state index contributed by atoms with van der Waals surface area (Å²) in [5, 5.41) is 8.93. The molecule has 1 unspecified atom stereocenters. The molecule has 114 valence electrons. The van der Waals surface area contributed by atoms with Gasteiger partial charge in [-0.25, -0.2) is 0 Å². The van der Waals surface area contributed by atoms with Crippen LogP contribution in [-0.4, -0.2) is 24.0 Å². The monoisotopic (exact) mass is 290 g/mol. The number of amides is 1. The zero-order valence-electron chi connectivity index (χ0n) is 12.7. The van der Waals surface area contributed by atoms with E-state index in [-0.39, 0.29) is 23.8 Å². The summed E-state index contributed by atoms with van der Waals surface area (Å²) in [6.45, 7) is 3.82. The quantitative estimate of drug-likeness (QED) is 0.869. The molecule has 0 spiro atoms. The van der Waals surface area contributed by atoms with Gasteiger partial charge in [0.2, 0.25) is 5.91 Å². The van der Waals surface area contributed by atoms with Crippen LogP contribution in [0.15, 0.2) is 18.2 Å². The average molecular weight is 290 g/mol. The van der Waals surface area contributed by atoms with Crippen LogP contribution in [0.3, 0.4) is 0 Å². The molecule has 1 amide bonds. The molecule has 5 nitrogen and oxygen atoms in total. The van der Waals surface area contributed by atoms with Crippen molar-refractivity contribution in [1.29, 1.82) is 0 Å². The molecule has 0 aromatic heterocycles. The third-order valence-corrected chi connectivity index (χ3v) is 4.01. The molecule has 1 aromatic rings. The average Bonchev–Trinajstić information content (AvgIpc) is 2.62. The zero-order valence-corrected chi connectivity index (χ0v) is 12.7. The summed E-state index contributed by atoms with van der Waals surface area (Å²) in [5.41, 5.74) is 8.74. The van der Waals surface area contributed by atoms with Crippen LogP contribution in [0.1, 0.15) is 43.9 Å². The van der Waals surface area contributed by atoms with E-state index < -0.39 is 5.97 Å². The Morgan fingerprint density at radius 1 is 1.48 bits per heavy atom. The van der Waals surface area contributed by atoms with Crippen molar-refractivity contribution in [3.63, 3.8) is 0 Å². The molecule has 0 aliphatic carbocycles. The fourth-order valence-electron chi connectivity index (χ4n) is 2.92. The number of carboxylic acids is 1. The van der Waals surface area contributed by atoms with E-state index in [1.54, 1.807) is 11.9 Å². The first kappa shape index (κ1) is 15.5. The van der Waals surface area contributed by atoms with Crippen molar-refractivity contribution in [2.75, 3.05) is 11.9 Å². The highest BCUT2D eigenvalue weighted by atomic mass is 16.4. The third kappa shape index (κ3) is 3.42. The van der Waals surface area contributed by atoms with Gasteiger partial charge in [-0.1, -0.05) is 26.0 Å². The Morgan fingerprint density at radius 3 is 2.76 bits per heavy atom. The van der Waals surface area contributed by atoms with Crippen LogP contribution in [-0.2, 0) is 16.0 Å². The molecule has 0 bridgehead atoms. The van der Waals surface area contributed by atoms with Crippen LogP contribution < -0.4 is 10.6 Å². The van der Waals surface area contributed by atoms with Gasteiger partial charge >= 0.3 is 5.97 Å². The number of hydrogen-bond acceptors (Lipinski definition) is 3. The number of benzene rings is 1. The van der Waals surface area contributed by atoms with Gasteiger partial charge in [0, 0.05) is 18.8 Å². The second kappa shape index (κ2) is 5.48. The Balaban J connectivity index is 2.14. The van der Waals surface area contributed by atoms with Gasteiger partial charge in [-0.2, -0.15) is 0 Å². The highest BCUT2D eigenvalue weighted by Crippen LogP contribution is 2.34. The molecule has 1 aromatic carbocycles. The van der Waals surface area contributed by atoms with Crippen molar-refractivity contribution in [2.45, 2.75) is 39.2 Å². The van der Waals surface area contributed by atoms with E-state index in [9.17, 15) is 9.59 Å². The summed E-state index contributed by atoms with van der Waals surface area (Å²) in [6, 6.07) is 5.58. The summed E-state index contributed by atoms with van der Waals surface area (Å²) in [6.07, 6.45) is 1.08. The first-order valence-electron chi connectivity index (χ1n) is 7.06. The van der Waals surface area contributed by atoms with Crippen molar-refractivity contribution < 1.29 is 14.7 Å². The van der Waals surface area contributed by atoms with Crippen molar-refractivity contribution in [3.8, 4) is 0 Å². The molecule has 1 aliphatic heterocycles. The second-order valence-electron chi connectivity index (χ2n) is 6.56. The normalized spacial score (nSPS) is 16.0. The van der Waals surface area contributed by atoms with Gasteiger partial charge in [-0.05, 0) is 29.0 Å². The number of nitrogens with zero attached hydrogens (tertiary/aromatic N) is 1. The number of fused-ring (bicyclic) bond motifs is 1. The van der Waals surface area contributed by atoms with Gasteiger partial charge in [0.15, 0.2) is 0 Å². The molecule has 3 N–H and O–H groups in total. The Bertz CT molecular complexity index is 581. The number of aliphatic carboxylic acids is 1. The summed E-state index contributed by atoms with van der Waals surface area (Å²) in [7, 11) is 1.77. The maximum atomic E-state index is 11.7. The largest absolute Gasteiger partial charge is 0.481 e. The Kier molecular flexibility index (Phi) is 4.05. The third-order valence-electron chi connectivity index (χ3n) is 4.01. The number of hydrogen-bond donors (Lipinski definition) is 2. The van der Waals surface area contributed by atoms with Gasteiger partial charge in [0.1, 0.15) is 0 Å².